The number of fused-ring (bicyclic) bond motifs is 2. The second kappa shape index (κ2) is 5.74. The largest absolute Gasteiger partial charge is 0.346 e. The van der Waals surface area contributed by atoms with E-state index in [4.69, 9.17) is 0 Å². The van der Waals surface area contributed by atoms with Crippen LogP contribution < -0.4 is 0 Å². The summed E-state index contributed by atoms with van der Waals surface area (Å²) in [5, 5.41) is 6.65. The molecule has 132 valence electrons. The average Bonchev–Trinajstić information content (AvgIpc) is 3.21. The van der Waals surface area contributed by atoms with Crippen molar-refractivity contribution in [2.75, 3.05) is 0 Å². The van der Waals surface area contributed by atoms with Gasteiger partial charge in [-0.3, -0.25) is 4.68 Å². The molecule has 0 fully saturated rings. The maximum atomic E-state index is 4.64. The third-order valence-corrected chi connectivity index (χ3v) is 5.14. The van der Waals surface area contributed by atoms with E-state index < -0.39 is 0 Å². The number of aromatic nitrogens is 6. The number of hydrogen-bond acceptors (Lipinski definition) is 4. The molecule has 5 rings (SSSR count). The molecule has 0 unspecified atom stereocenters. The lowest BCUT2D eigenvalue weighted by atomic mass is 10.0. The monoisotopic (exact) mass is 354 g/mol. The molecule has 0 radical (unpaired) electrons. The summed E-state index contributed by atoms with van der Waals surface area (Å²) in [6, 6.07) is 8.42. The maximum Gasteiger partial charge on any atom is 0.137 e. The van der Waals surface area contributed by atoms with Crippen molar-refractivity contribution in [2.45, 2.75) is 13.8 Å². The number of pyridine rings is 1. The summed E-state index contributed by atoms with van der Waals surface area (Å²) in [4.78, 5) is 16.4. The minimum atomic E-state index is 0.873. The van der Waals surface area contributed by atoms with Crippen molar-refractivity contribution in [3.05, 3.63) is 60.6 Å². The topological polar surface area (TPSA) is 72.3 Å². The van der Waals surface area contributed by atoms with Gasteiger partial charge in [0.25, 0.3) is 0 Å². The predicted molar refractivity (Wildman–Crippen MR) is 106 cm³/mol. The first kappa shape index (κ1) is 15.7. The van der Waals surface area contributed by atoms with Crippen molar-refractivity contribution in [3.63, 3.8) is 0 Å². The van der Waals surface area contributed by atoms with E-state index in [1.54, 1.807) is 6.33 Å². The van der Waals surface area contributed by atoms with Gasteiger partial charge in [-0.2, -0.15) is 5.10 Å². The van der Waals surface area contributed by atoms with Crippen molar-refractivity contribution >= 4 is 21.9 Å². The van der Waals surface area contributed by atoms with E-state index in [1.807, 2.05) is 43.3 Å². The zero-order valence-electron chi connectivity index (χ0n) is 15.4. The molecule has 0 saturated carbocycles. The molecule has 5 aromatic rings. The molecule has 6 heteroatoms. The quantitative estimate of drug-likeness (QED) is 0.516. The summed E-state index contributed by atoms with van der Waals surface area (Å²) < 4.78 is 1.91. The van der Waals surface area contributed by atoms with E-state index in [9.17, 15) is 0 Å². The number of aromatic amines is 1. The standard InChI is InChI=1S/C21H18N6/c1-12-20(13(2)27(3)26-12)16-7-17-18(10-24-21(17)23-9-16)14-4-5-19-15(6-14)8-22-11-25-19/h4-11H,1-3H3,(H,23,24). The van der Waals surface area contributed by atoms with Crippen molar-refractivity contribution in [1.82, 2.24) is 29.7 Å². The van der Waals surface area contributed by atoms with Crippen molar-refractivity contribution in [3.8, 4) is 22.3 Å². The van der Waals surface area contributed by atoms with Crippen LogP contribution in [0.2, 0.25) is 0 Å². The Kier molecular flexibility index (Phi) is 3.33. The third-order valence-electron chi connectivity index (χ3n) is 5.14. The third kappa shape index (κ3) is 2.41. The van der Waals surface area contributed by atoms with Crippen molar-refractivity contribution in [1.29, 1.82) is 0 Å². The maximum absolute atomic E-state index is 4.64. The summed E-state index contributed by atoms with van der Waals surface area (Å²) in [7, 11) is 1.97. The predicted octanol–water partition coefficient (Wildman–Crippen LogP) is 4.19. The molecular formula is C21H18N6. The zero-order valence-corrected chi connectivity index (χ0v) is 15.4. The molecule has 0 atom stereocenters. The van der Waals surface area contributed by atoms with E-state index in [1.165, 1.54) is 0 Å². The summed E-state index contributed by atoms with van der Waals surface area (Å²) >= 11 is 0. The molecule has 6 nitrogen and oxygen atoms in total. The summed E-state index contributed by atoms with van der Waals surface area (Å²) in [6.45, 7) is 4.12. The second-order valence-corrected chi connectivity index (χ2v) is 6.79. The normalized spacial score (nSPS) is 11.5. The molecule has 4 heterocycles. The first-order chi connectivity index (χ1) is 13.1. The molecule has 0 amide bonds. The van der Waals surface area contributed by atoms with Gasteiger partial charge < -0.3 is 4.98 Å². The Morgan fingerprint density at radius 1 is 1.00 bits per heavy atom. The number of benzene rings is 1. The summed E-state index contributed by atoms with van der Waals surface area (Å²) in [6.07, 6.45) is 7.33. The highest BCUT2D eigenvalue weighted by Gasteiger charge is 2.15. The summed E-state index contributed by atoms with van der Waals surface area (Å²) in [5.41, 5.74) is 8.41. The molecule has 0 bridgehead atoms. The molecular weight excluding hydrogens is 336 g/mol. The number of nitrogens with zero attached hydrogens (tertiary/aromatic N) is 5. The van der Waals surface area contributed by atoms with Crippen LogP contribution in [0.15, 0.2) is 49.2 Å². The highest BCUT2D eigenvalue weighted by atomic mass is 15.3. The Bertz CT molecular complexity index is 1310. The molecule has 0 aliphatic rings. The molecule has 1 N–H and O–H groups in total. The number of rotatable bonds is 2. The van der Waals surface area contributed by atoms with Crippen LogP contribution in [-0.2, 0) is 7.05 Å². The second-order valence-electron chi connectivity index (χ2n) is 6.79. The highest BCUT2D eigenvalue weighted by Crippen LogP contribution is 2.33. The van der Waals surface area contributed by atoms with Gasteiger partial charge in [-0.15, -0.1) is 0 Å². The van der Waals surface area contributed by atoms with Gasteiger partial charge in [0.2, 0.25) is 0 Å². The molecule has 0 aliphatic carbocycles. The molecule has 0 aliphatic heterocycles. The fraction of sp³-hybridized carbons (Fsp3) is 0.143. The van der Waals surface area contributed by atoms with Gasteiger partial charge in [0.15, 0.2) is 0 Å². The number of nitrogens with one attached hydrogen (secondary N) is 1. The number of hydrogen-bond donors (Lipinski definition) is 1. The minimum Gasteiger partial charge on any atom is -0.346 e. The van der Waals surface area contributed by atoms with E-state index in [-0.39, 0.29) is 0 Å². The summed E-state index contributed by atoms with van der Waals surface area (Å²) in [5.74, 6) is 0. The van der Waals surface area contributed by atoms with Crippen LogP contribution >= 0.6 is 0 Å². The first-order valence-corrected chi connectivity index (χ1v) is 8.79. The first-order valence-electron chi connectivity index (χ1n) is 8.79. The van der Waals surface area contributed by atoms with E-state index in [0.29, 0.717) is 0 Å². The lowest BCUT2D eigenvalue weighted by Gasteiger charge is -2.05. The van der Waals surface area contributed by atoms with Gasteiger partial charge in [-0.1, -0.05) is 6.07 Å². The van der Waals surface area contributed by atoms with Gasteiger partial charge in [0, 0.05) is 58.8 Å². The van der Waals surface area contributed by atoms with Crippen LogP contribution in [0.1, 0.15) is 11.4 Å². The zero-order chi connectivity index (χ0) is 18.5. The highest BCUT2D eigenvalue weighted by molar-refractivity contribution is 5.98. The Hall–Kier alpha value is -3.54. The molecule has 0 spiro atoms. The Morgan fingerprint density at radius 3 is 2.70 bits per heavy atom. The average molecular weight is 354 g/mol. The molecule has 0 saturated heterocycles. The van der Waals surface area contributed by atoms with Gasteiger partial charge in [0.05, 0.1) is 11.2 Å². The molecule has 27 heavy (non-hydrogen) atoms. The van der Waals surface area contributed by atoms with Crippen LogP contribution in [0.25, 0.3) is 44.2 Å². The lowest BCUT2D eigenvalue weighted by Crippen LogP contribution is -1.92. The van der Waals surface area contributed by atoms with Crippen molar-refractivity contribution in [2.24, 2.45) is 7.05 Å². The van der Waals surface area contributed by atoms with Gasteiger partial charge >= 0.3 is 0 Å². The Morgan fingerprint density at radius 2 is 1.89 bits per heavy atom. The number of H-pyrrole nitrogens is 1. The van der Waals surface area contributed by atoms with Crippen LogP contribution in [0.4, 0.5) is 0 Å². The minimum absolute atomic E-state index is 0.873. The van der Waals surface area contributed by atoms with Gasteiger partial charge in [-0.25, -0.2) is 15.0 Å². The molecule has 1 aromatic carbocycles. The fourth-order valence-electron chi connectivity index (χ4n) is 3.72. The van der Waals surface area contributed by atoms with Crippen LogP contribution in [-0.4, -0.2) is 29.7 Å². The lowest BCUT2D eigenvalue weighted by molar-refractivity contribution is 0.731. The van der Waals surface area contributed by atoms with E-state index in [0.717, 1.165) is 55.6 Å². The van der Waals surface area contributed by atoms with Gasteiger partial charge in [-0.05, 0) is 37.6 Å². The van der Waals surface area contributed by atoms with Crippen molar-refractivity contribution < 1.29 is 0 Å². The fourth-order valence-corrected chi connectivity index (χ4v) is 3.72. The Balaban J connectivity index is 1.71. The van der Waals surface area contributed by atoms with E-state index in [2.05, 4.69) is 50.2 Å². The van der Waals surface area contributed by atoms with Gasteiger partial charge in [0.1, 0.15) is 12.0 Å². The van der Waals surface area contributed by atoms with Crippen LogP contribution in [0.5, 0.6) is 0 Å². The number of aryl methyl sites for hydroxylation is 2. The smallest absolute Gasteiger partial charge is 0.137 e. The van der Waals surface area contributed by atoms with Crippen LogP contribution in [0.3, 0.4) is 0 Å². The van der Waals surface area contributed by atoms with E-state index >= 15 is 0 Å². The Labute approximate surface area is 155 Å². The van der Waals surface area contributed by atoms with Crippen LogP contribution in [0, 0.1) is 13.8 Å². The SMILES string of the molecule is Cc1nn(C)c(C)c1-c1cnc2[nH]cc(-c3ccc4ncncc4c3)c2c1. The molecule has 4 aromatic heterocycles.